The van der Waals surface area contributed by atoms with Crippen LogP contribution in [0.2, 0.25) is 5.02 Å². The number of aryl methyl sites for hydroxylation is 2. The molecule has 3 aromatic rings. The molecule has 5 nitrogen and oxygen atoms in total. The van der Waals surface area contributed by atoms with Crippen molar-refractivity contribution in [1.82, 2.24) is 0 Å². The van der Waals surface area contributed by atoms with Crippen molar-refractivity contribution in [2.75, 3.05) is 16.2 Å². The van der Waals surface area contributed by atoms with Gasteiger partial charge in [0, 0.05) is 10.7 Å². The Labute approximate surface area is 176 Å². The van der Waals surface area contributed by atoms with E-state index in [-0.39, 0.29) is 11.4 Å². The van der Waals surface area contributed by atoms with Crippen LogP contribution in [0.1, 0.15) is 11.1 Å². The summed E-state index contributed by atoms with van der Waals surface area (Å²) in [5.41, 5.74) is 2.85. The first-order chi connectivity index (χ1) is 13.8. The summed E-state index contributed by atoms with van der Waals surface area (Å²) in [6.07, 6.45) is 0. The first kappa shape index (κ1) is 20.9. The summed E-state index contributed by atoms with van der Waals surface area (Å²) in [4.78, 5) is 12.8. The smallest absolute Gasteiger partial charge is 0.264 e. The van der Waals surface area contributed by atoms with Crippen molar-refractivity contribution in [3.8, 4) is 0 Å². The Morgan fingerprint density at radius 3 is 2.10 bits per heavy atom. The average Bonchev–Trinajstić information content (AvgIpc) is 2.67. The van der Waals surface area contributed by atoms with Gasteiger partial charge in [0.1, 0.15) is 6.54 Å². The molecule has 0 aliphatic rings. The first-order valence-corrected chi connectivity index (χ1v) is 10.8. The zero-order valence-corrected chi connectivity index (χ0v) is 17.7. The molecule has 0 bridgehead atoms. The third kappa shape index (κ3) is 5.16. The van der Waals surface area contributed by atoms with Gasteiger partial charge < -0.3 is 5.32 Å². The summed E-state index contributed by atoms with van der Waals surface area (Å²) in [5, 5.41) is 3.17. The van der Waals surface area contributed by atoms with Crippen LogP contribution in [0.25, 0.3) is 0 Å². The van der Waals surface area contributed by atoms with Crippen LogP contribution in [0, 0.1) is 13.8 Å². The van der Waals surface area contributed by atoms with Crippen LogP contribution in [0.3, 0.4) is 0 Å². The van der Waals surface area contributed by atoms with Crippen molar-refractivity contribution in [3.63, 3.8) is 0 Å². The van der Waals surface area contributed by atoms with Gasteiger partial charge in [0.25, 0.3) is 10.0 Å². The number of sulfonamides is 1. The van der Waals surface area contributed by atoms with Gasteiger partial charge in [-0.25, -0.2) is 8.42 Å². The maximum absolute atomic E-state index is 13.3. The van der Waals surface area contributed by atoms with Gasteiger partial charge in [0.05, 0.1) is 10.6 Å². The SMILES string of the molecule is Cc1ccc(N(CC(=O)Nc2cccc(Cl)c2)S(=O)(=O)c2ccc(C)cc2)cc1. The Kier molecular flexibility index (Phi) is 6.25. The van der Waals surface area contributed by atoms with Crippen LogP contribution in [-0.2, 0) is 14.8 Å². The third-order valence-electron chi connectivity index (χ3n) is 4.33. The normalized spacial score (nSPS) is 11.1. The molecule has 0 saturated heterocycles. The number of halogens is 1. The molecular weight excluding hydrogens is 408 g/mol. The number of anilines is 2. The number of nitrogens with one attached hydrogen (secondary N) is 1. The summed E-state index contributed by atoms with van der Waals surface area (Å²) < 4.78 is 27.7. The number of rotatable bonds is 6. The first-order valence-electron chi connectivity index (χ1n) is 8.97. The Morgan fingerprint density at radius 1 is 0.931 bits per heavy atom. The van der Waals surface area contributed by atoms with Crippen LogP contribution in [0.4, 0.5) is 11.4 Å². The number of hydrogen-bond acceptors (Lipinski definition) is 3. The third-order valence-corrected chi connectivity index (χ3v) is 6.35. The van der Waals surface area contributed by atoms with E-state index in [4.69, 9.17) is 11.6 Å². The predicted octanol–water partition coefficient (Wildman–Crippen LogP) is 4.79. The molecule has 0 aromatic heterocycles. The largest absolute Gasteiger partial charge is 0.324 e. The van der Waals surface area contributed by atoms with Gasteiger partial charge in [-0.3, -0.25) is 9.10 Å². The minimum atomic E-state index is -3.93. The van der Waals surface area contributed by atoms with E-state index in [1.165, 1.54) is 0 Å². The molecule has 0 aliphatic carbocycles. The molecule has 29 heavy (non-hydrogen) atoms. The van der Waals surface area contributed by atoms with Gasteiger partial charge in [-0.05, 0) is 56.3 Å². The fourth-order valence-corrected chi connectivity index (χ4v) is 4.37. The molecule has 0 atom stereocenters. The van der Waals surface area contributed by atoms with Gasteiger partial charge in [0.15, 0.2) is 0 Å². The molecule has 0 unspecified atom stereocenters. The monoisotopic (exact) mass is 428 g/mol. The molecule has 0 fully saturated rings. The maximum atomic E-state index is 13.3. The molecule has 0 spiro atoms. The average molecular weight is 429 g/mol. The highest BCUT2D eigenvalue weighted by Gasteiger charge is 2.27. The second-order valence-corrected chi connectivity index (χ2v) is 9.02. The summed E-state index contributed by atoms with van der Waals surface area (Å²) in [6, 6.07) is 20.2. The van der Waals surface area contributed by atoms with Gasteiger partial charge in [-0.2, -0.15) is 0 Å². The van der Waals surface area contributed by atoms with Crippen molar-refractivity contribution in [2.24, 2.45) is 0 Å². The number of hydrogen-bond donors (Lipinski definition) is 1. The lowest BCUT2D eigenvalue weighted by molar-refractivity contribution is -0.114. The van der Waals surface area contributed by atoms with E-state index in [0.717, 1.165) is 15.4 Å². The Bertz CT molecular complexity index is 1110. The van der Waals surface area contributed by atoms with E-state index in [0.29, 0.717) is 16.4 Å². The summed E-state index contributed by atoms with van der Waals surface area (Å²) in [6.45, 7) is 3.42. The van der Waals surface area contributed by atoms with E-state index in [2.05, 4.69) is 5.32 Å². The zero-order valence-electron chi connectivity index (χ0n) is 16.1. The molecule has 0 heterocycles. The highest BCUT2D eigenvalue weighted by Crippen LogP contribution is 2.25. The molecule has 150 valence electrons. The molecule has 0 saturated carbocycles. The van der Waals surface area contributed by atoms with Crippen LogP contribution >= 0.6 is 11.6 Å². The second kappa shape index (κ2) is 8.68. The van der Waals surface area contributed by atoms with Crippen LogP contribution < -0.4 is 9.62 Å². The van der Waals surface area contributed by atoms with E-state index < -0.39 is 15.9 Å². The van der Waals surface area contributed by atoms with Crippen LogP contribution in [0.15, 0.2) is 77.7 Å². The standard InChI is InChI=1S/C22H21ClN2O3S/c1-16-6-10-20(11-7-16)25(29(27,28)21-12-8-17(2)9-13-21)15-22(26)24-19-5-3-4-18(23)14-19/h3-14H,15H2,1-2H3,(H,24,26). The highest BCUT2D eigenvalue weighted by atomic mass is 35.5. The minimum absolute atomic E-state index is 0.124. The van der Waals surface area contributed by atoms with Crippen molar-refractivity contribution < 1.29 is 13.2 Å². The highest BCUT2D eigenvalue weighted by molar-refractivity contribution is 7.92. The fraction of sp³-hybridized carbons (Fsp3) is 0.136. The second-order valence-electron chi connectivity index (χ2n) is 6.72. The predicted molar refractivity (Wildman–Crippen MR) is 117 cm³/mol. The van der Waals surface area contributed by atoms with Gasteiger partial charge in [0.2, 0.25) is 5.91 Å². The molecule has 7 heteroatoms. The zero-order chi connectivity index (χ0) is 21.0. The Balaban J connectivity index is 1.93. The van der Waals surface area contributed by atoms with Gasteiger partial charge in [-0.15, -0.1) is 0 Å². The van der Waals surface area contributed by atoms with E-state index >= 15 is 0 Å². The van der Waals surface area contributed by atoms with Crippen molar-refractivity contribution in [1.29, 1.82) is 0 Å². The van der Waals surface area contributed by atoms with Crippen LogP contribution in [-0.4, -0.2) is 20.9 Å². The minimum Gasteiger partial charge on any atom is -0.324 e. The Morgan fingerprint density at radius 2 is 1.52 bits per heavy atom. The fourth-order valence-electron chi connectivity index (χ4n) is 2.76. The molecular formula is C22H21ClN2O3S. The van der Waals surface area contributed by atoms with E-state index in [1.54, 1.807) is 60.7 Å². The number of nitrogens with zero attached hydrogens (tertiary/aromatic N) is 1. The van der Waals surface area contributed by atoms with Gasteiger partial charge in [-0.1, -0.05) is 53.1 Å². The molecule has 1 N–H and O–H groups in total. The van der Waals surface area contributed by atoms with Crippen molar-refractivity contribution in [3.05, 3.63) is 88.9 Å². The topological polar surface area (TPSA) is 66.5 Å². The van der Waals surface area contributed by atoms with Crippen molar-refractivity contribution >= 4 is 38.9 Å². The lowest BCUT2D eigenvalue weighted by Crippen LogP contribution is -2.38. The summed E-state index contributed by atoms with van der Waals surface area (Å²) in [7, 11) is -3.93. The van der Waals surface area contributed by atoms with E-state index in [1.807, 2.05) is 26.0 Å². The quantitative estimate of drug-likeness (QED) is 0.613. The molecule has 3 aromatic carbocycles. The summed E-state index contributed by atoms with van der Waals surface area (Å²) >= 11 is 5.95. The lowest BCUT2D eigenvalue weighted by Gasteiger charge is -2.24. The Hall–Kier alpha value is -2.83. The maximum Gasteiger partial charge on any atom is 0.264 e. The van der Waals surface area contributed by atoms with Gasteiger partial charge >= 0.3 is 0 Å². The lowest BCUT2D eigenvalue weighted by atomic mass is 10.2. The molecule has 0 radical (unpaired) electrons. The molecule has 3 rings (SSSR count). The number of carbonyl (C=O) groups excluding carboxylic acids is 1. The number of carbonyl (C=O) groups is 1. The molecule has 1 amide bonds. The number of benzene rings is 3. The van der Waals surface area contributed by atoms with Crippen molar-refractivity contribution in [2.45, 2.75) is 18.7 Å². The number of amides is 1. The van der Waals surface area contributed by atoms with Crippen LogP contribution in [0.5, 0.6) is 0 Å². The summed E-state index contributed by atoms with van der Waals surface area (Å²) in [5.74, 6) is -0.469. The molecule has 0 aliphatic heterocycles. The van der Waals surface area contributed by atoms with E-state index in [9.17, 15) is 13.2 Å².